The van der Waals surface area contributed by atoms with E-state index in [-0.39, 0.29) is 18.4 Å². The van der Waals surface area contributed by atoms with Crippen molar-refractivity contribution in [2.45, 2.75) is 13.3 Å². The quantitative estimate of drug-likeness (QED) is 0.871. The molecular weight excluding hydrogens is 331 g/mol. The van der Waals surface area contributed by atoms with Gasteiger partial charge in [-0.25, -0.2) is 4.39 Å². The predicted molar refractivity (Wildman–Crippen MR) is 92.6 cm³/mol. The van der Waals surface area contributed by atoms with Gasteiger partial charge in [0.2, 0.25) is 11.8 Å². The maximum Gasteiger partial charge on any atom is 0.240 e. The average molecular weight is 349 g/mol. The summed E-state index contributed by atoms with van der Waals surface area (Å²) in [5.74, 6) is -1.08. The molecular formula is C18H18ClFN2O2. The number of carbonyl (C=O) groups is 2. The summed E-state index contributed by atoms with van der Waals surface area (Å²) < 4.78 is 13.3. The van der Waals surface area contributed by atoms with Gasteiger partial charge in [-0.15, -0.1) is 0 Å². The van der Waals surface area contributed by atoms with Crippen molar-refractivity contribution in [3.63, 3.8) is 0 Å². The first-order valence-corrected chi connectivity index (χ1v) is 7.88. The molecule has 0 heterocycles. The molecule has 0 aromatic heterocycles. The van der Waals surface area contributed by atoms with Gasteiger partial charge in [0, 0.05) is 24.2 Å². The number of amides is 2. The lowest BCUT2D eigenvalue weighted by Crippen LogP contribution is -2.40. The fraction of sp³-hybridized carbons (Fsp3) is 0.222. The molecule has 0 spiro atoms. The molecule has 0 atom stereocenters. The van der Waals surface area contributed by atoms with Crippen LogP contribution in [0.2, 0.25) is 5.02 Å². The Morgan fingerprint density at radius 1 is 1.17 bits per heavy atom. The Morgan fingerprint density at radius 3 is 2.50 bits per heavy atom. The molecule has 2 aromatic rings. The summed E-state index contributed by atoms with van der Waals surface area (Å²) in [6, 6.07) is 13.0. The van der Waals surface area contributed by atoms with Gasteiger partial charge < -0.3 is 10.2 Å². The van der Waals surface area contributed by atoms with Crippen LogP contribution in [0, 0.1) is 5.82 Å². The molecule has 1 N–H and O–H groups in total. The number of anilines is 1. The maximum atomic E-state index is 13.3. The number of nitrogens with one attached hydrogen (secondary N) is 1. The van der Waals surface area contributed by atoms with Crippen molar-refractivity contribution >= 4 is 29.1 Å². The number of hydrogen-bond donors (Lipinski definition) is 1. The lowest BCUT2D eigenvalue weighted by molar-refractivity contribution is -0.123. The molecule has 2 amide bonds. The summed E-state index contributed by atoms with van der Waals surface area (Å²) in [6.45, 7) is 1.63. The topological polar surface area (TPSA) is 49.4 Å². The van der Waals surface area contributed by atoms with E-state index in [1.807, 2.05) is 12.1 Å². The van der Waals surface area contributed by atoms with E-state index in [0.29, 0.717) is 23.7 Å². The Bertz CT molecular complexity index is 719. The predicted octanol–water partition coefficient (Wildman–Crippen LogP) is 3.19. The van der Waals surface area contributed by atoms with E-state index in [1.165, 1.54) is 30.0 Å². The third-order valence-corrected chi connectivity index (χ3v) is 3.70. The lowest BCUT2D eigenvalue weighted by Gasteiger charge is -2.20. The van der Waals surface area contributed by atoms with E-state index in [9.17, 15) is 14.0 Å². The van der Waals surface area contributed by atoms with Crippen LogP contribution in [0.1, 0.15) is 12.5 Å². The summed E-state index contributed by atoms with van der Waals surface area (Å²) in [5.41, 5.74) is 1.41. The van der Waals surface area contributed by atoms with Crippen LogP contribution in [-0.4, -0.2) is 24.9 Å². The summed E-state index contributed by atoms with van der Waals surface area (Å²) in [4.78, 5) is 25.0. The molecule has 126 valence electrons. The van der Waals surface area contributed by atoms with Crippen LogP contribution in [0.3, 0.4) is 0 Å². The summed E-state index contributed by atoms with van der Waals surface area (Å²) in [7, 11) is 0. The minimum Gasteiger partial charge on any atom is -0.354 e. The summed E-state index contributed by atoms with van der Waals surface area (Å²) in [6.07, 6.45) is 0.656. The average Bonchev–Trinajstić information content (AvgIpc) is 2.54. The van der Waals surface area contributed by atoms with Crippen LogP contribution in [0.4, 0.5) is 10.1 Å². The van der Waals surface area contributed by atoms with Crippen LogP contribution in [0.25, 0.3) is 0 Å². The van der Waals surface area contributed by atoms with Crippen molar-refractivity contribution in [2.75, 3.05) is 18.0 Å². The first-order valence-electron chi connectivity index (χ1n) is 7.50. The molecule has 0 radical (unpaired) electrons. The summed E-state index contributed by atoms with van der Waals surface area (Å²) >= 11 is 5.82. The van der Waals surface area contributed by atoms with Crippen molar-refractivity contribution in [3.05, 3.63) is 64.9 Å². The fourth-order valence-corrected chi connectivity index (χ4v) is 2.35. The molecule has 0 aliphatic heterocycles. The van der Waals surface area contributed by atoms with Crippen molar-refractivity contribution in [1.82, 2.24) is 5.32 Å². The number of halogens is 2. The second-order valence-corrected chi connectivity index (χ2v) is 5.75. The van der Waals surface area contributed by atoms with Crippen LogP contribution < -0.4 is 10.2 Å². The van der Waals surface area contributed by atoms with E-state index >= 15 is 0 Å². The van der Waals surface area contributed by atoms with Gasteiger partial charge in [-0.05, 0) is 42.3 Å². The highest BCUT2D eigenvalue weighted by molar-refractivity contribution is 6.30. The molecule has 4 nitrogen and oxygen atoms in total. The van der Waals surface area contributed by atoms with Crippen LogP contribution in [-0.2, 0) is 16.0 Å². The van der Waals surface area contributed by atoms with Gasteiger partial charge in [-0.1, -0.05) is 29.8 Å². The highest BCUT2D eigenvalue weighted by atomic mass is 35.5. The Morgan fingerprint density at radius 2 is 1.88 bits per heavy atom. The molecule has 6 heteroatoms. The minimum absolute atomic E-state index is 0.153. The standard InChI is InChI=1S/C18H18ClFN2O2/c1-13(23)22(17-4-2-3-16(20)11-17)12-18(24)21-10-9-14-5-7-15(19)8-6-14/h2-8,11H,9-10,12H2,1H3,(H,21,24). The highest BCUT2D eigenvalue weighted by Gasteiger charge is 2.16. The molecule has 24 heavy (non-hydrogen) atoms. The van der Waals surface area contributed by atoms with Crippen LogP contribution >= 0.6 is 11.6 Å². The molecule has 0 bridgehead atoms. The zero-order valence-electron chi connectivity index (χ0n) is 13.3. The van der Waals surface area contributed by atoms with Gasteiger partial charge >= 0.3 is 0 Å². The van der Waals surface area contributed by atoms with Crippen LogP contribution in [0.15, 0.2) is 48.5 Å². The first kappa shape index (κ1) is 17.9. The van der Waals surface area contributed by atoms with E-state index in [2.05, 4.69) is 5.32 Å². The molecule has 2 rings (SSSR count). The third kappa shape index (κ3) is 5.35. The maximum absolute atomic E-state index is 13.3. The fourth-order valence-electron chi connectivity index (χ4n) is 2.23. The minimum atomic E-state index is -0.457. The largest absolute Gasteiger partial charge is 0.354 e. The Hall–Kier alpha value is -2.40. The van der Waals surface area contributed by atoms with E-state index in [4.69, 9.17) is 11.6 Å². The van der Waals surface area contributed by atoms with E-state index in [0.717, 1.165) is 5.56 Å². The smallest absolute Gasteiger partial charge is 0.240 e. The summed E-state index contributed by atoms with van der Waals surface area (Å²) in [5, 5.41) is 3.42. The normalized spacial score (nSPS) is 10.3. The van der Waals surface area contributed by atoms with Gasteiger partial charge in [0.05, 0.1) is 0 Å². The molecule has 0 saturated carbocycles. The number of hydrogen-bond acceptors (Lipinski definition) is 2. The third-order valence-electron chi connectivity index (χ3n) is 3.45. The molecule has 0 fully saturated rings. The first-order chi connectivity index (χ1) is 11.5. The molecule has 2 aromatic carbocycles. The second-order valence-electron chi connectivity index (χ2n) is 5.31. The Kier molecular flexibility index (Phi) is 6.32. The monoisotopic (exact) mass is 348 g/mol. The van der Waals surface area contributed by atoms with Gasteiger partial charge in [0.25, 0.3) is 0 Å². The van der Waals surface area contributed by atoms with Gasteiger partial charge in [0.1, 0.15) is 12.4 Å². The van der Waals surface area contributed by atoms with Gasteiger partial charge in [-0.3, -0.25) is 9.59 Å². The van der Waals surface area contributed by atoms with E-state index in [1.54, 1.807) is 18.2 Å². The zero-order valence-corrected chi connectivity index (χ0v) is 14.0. The molecule has 0 aliphatic rings. The lowest BCUT2D eigenvalue weighted by atomic mass is 10.1. The highest BCUT2D eigenvalue weighted by Crippen LogP contribution is 2.15. The van der Waals surface area contributed by atoms with Gasteiger partial charge in [-0.2, -0.15) is 0 Å². The zero-order chi connectivity index (χ0) is 17.5. The molecule has 0 unspecified atom stereocenters. The SMILES string of the molecule is CC(=O)N(CC(=O)NCCc1ccc(Cl)cc1)c1cccc(F)c1. The van der Waals surface area contributed by atoms with Crippen LogP contribution in [0.5, 0.6) is 0 Å². The number of nitrogens with zero attached hydrogens (tertiary/aromatic N) is 1. The number of carbonyl (C=O) groups excluding carboxylic acids is 2. The second kappa shape index (κ2) is 8.45. The van der Waals surface area contributed by atoms with E-state index < -0.39 is 5.82 Å². The van der Waals surface area contributed by atoms with Crippen molar-refractivity contribution in [3.8, 4) is 0 Å². The van der Waals surface area contributed by atoms with Crippen molar-refractivity contribution < 1.29 is 14.0 Å². The van der Waals surface area contributed by atoms with Crippen molar-refractivity contribution in [2.24, 2.45) is 0 Å². The Balaban J connectivity index is 1.89. The Labute approximate surface area is 145 Å². The van der Waals surface area contributed by atoms with Gasteiger partial charge in [0.15, 0.2) is 0 Å². The molecule has 0 saturated heterocycles. The molecule has 0 aliphatic carbocycles. The van der Waals surface area contributed by atoms with Crippen molar-refractivity contribution in [1.29, 1.82) is 0 Å². The number of benzene rings is 2. The number of rotatable bonds is 6.